The molecule has 104 valence electrons. The smallest absolute Gasteiger partial charge is 0.255 e. The summed E-state index contributed by atoms with van der Waals surface area (Å²) in [7, 11) is 2.05. The van der Waals surface area contributed by atoms with Crippen LogP contribution in [0.3, 0.4) is 0 Å². The molecular weight excluding hydrogens is 247 g/mol. The summed E-state index contributed by atoms with van der Waals surface area (Å²) in [6, 6.07) is 1.97. The van der Waals surface area contributed by atoms with E-state index in [2.05, 4.69) is 15.2 Å². The van der Waals surface area contributed by atoms with Gasteiger partial charge in [0, 0.05) is 18.6 Å². The Kier molecular flexibility index (Phi) is 3.99. The van der Waals surface area contributed by atoms with E-state index < -0.39 is 5.82 Å². The monoisotopic (exact) mass is 266 g/mol. The van der Waals surface area contributed by atoms with Crippen molar-refractivity contribution in [3.63, 3.8) is 0 Å². The van der Waals surface area contributed by atoms with Crippen LogP contribution in [0.2, 0.25) is 0 Å². The van der Waals surface area contributed by atoms with Crippen molar-refractivity contribution < 1.29 is 9.18 Å². The molecule has 1 saturated carbocycles. The minimum Gasteiger partial charge on any atom is -0.383 e. The number of anilines is 1. The third-order valence-corrected chi connectivity index (χ3v) is 3.51. The van der Waals surface area contributed by atoms with Crippen molar-refractivity contribution in [2.75, 3.05) is 19.3 Å². The topological polar surface area (TPSA) is 71.2 Å². The normalized spacial score (nSPS) is 16.4. The zero-order valence-electron chi connectivity index (χ0n) is 11.2. The molecule has 0 spiro atoms. The zero-order chi connectivity index (χ0) is 14.0. The number of nitrogen functional groups attached to an aromatic ring is 1. The number of halogens is 1. The molecule has 1 aliphatic rings. The first-order chi connectivity index (χ1) is 8.99. The van der Waals surface area contributed by atoms with Gasteiger partial charge in [0.1, 0.15) is 11.6 Å². The van der Waals surface area contributed by atoms with Gasteiger partial charge in [0.15, 0.2) is 0 Å². The largest absolute Gasteiger partial charge is 0.383 e. The van der Waals surface area contributed by atoms with Gasteiger partial charge in [-0.05, 0) is 32.9 Å². The minimum atomic E-state index is -0.567. The lowest BCUT2D eigenvalue weighted by atomic mass is 10.2. The van der Waals surface area contributed by atoms with Crippen molar-refractivity contribution in [3.8, 4) is 0 Å². The fourth-order valence-electron chi connectivity index (χ4n) is 1.95. The van der Waals surface area contributed by atoms with Gasteiger partial charge in [0.25, 0.3) is 5.91 Å². The molecule has 1 unspecified atom stereocenters. The first-order valence-electron chi connectivity index (χ1n) is 6.40. The summed E-state index contributed by atoms with van der Waals surface area (Å²) in [4.78, 5) is 17.8. The van der Waals surface area contributed by atoms with Crippen molar-refractivity contribution in [2.45, 2.75) is 31.8 Å². The number of hydrogen-bond acceptors (Lipinski definition) is 4. The van der Waals surface area contributed by atoms with Crippen LogP contribution in [0.25, 0.3) is 0 Å². The number of pyridine rings is 1. The van der Waals surface area contributed by atoms with Gasteiger partial charge in [0.2, 0.25) is 0 Å². The van der Waals surface area contributed by atoms with Crippen LogP contribution in [0, 0.1) is 5.82 Å². The van der Waals surface area contributed by atoms with Gasteiger partial charge in [-0.2, -0.15) is 0 Å². The molecule has 1 aromatic heterocycles. The first-order valence-corrected chi connectivity index (χ1v) is 6.40. The van der Waals surface area contributed by atoms with Gasteiger partial charge in [-0.25, -0.2) is 9.37 Å². The van der Waals surface area contributed by atoms with Gasteiger partial charge in [-0.3, -0.25) is 9.69 Å². The SMILES string of the molecule is CC(CNC(=O)c1cc(F)cnc1N)N(C)C1CC1. The van der Waals surface area contributed by atoms with E-state index in [1.165, 1.54) is 12.8 Å². The molecule has 1 heterocycles. The molecule has 1 fully saturated rings. The molecule has 1 amide bonds. The number of nitrogens with two attached hydrogens (primary N) is 1. The fraction of sp³-hybridized carbons (Fsp3) is 0.538. The van der Waals surface area contributed by atoms with E-state index in [0.717, 1.165) is 12.3 Å². The Bertz CT molecular complexity index is 476. The molecule has 0 radical (unpaired) electrons. The molecule has 1 atom stereocenters. The number of aromatic nitrogens is 1. The van der Waals surface area contributed by atoms with Crippen LogP contribution in [-0.2, 0) is 0 Å². The van der Waals surface area contributed by atoms with Crippen LogP contribution in [0.5, 0.6) is 0 Å². The van der Waals surface area contributed by atoms with E-state index in [1.807, 2.05) is 14.0 Å². The number of likely N-dealkylation sites (N-methyl/N-ethyl adjacent to an activating group) is 1. The van der Waals surface area contributed by atoms with Gasteiger partial charge < -0.3 is 11.1 Å². The molecule has 3 N–H and O–H groups in total. The number of amides is 1. The van der Waals surface area contributed by atoms with Crippen LogP contribution >= 0.6 is 0 Å². The Morgan fingerprint density at radius 3 is 3.00 bits per heavy atom. The predicted octanol–water partition coefficient (Wildman–Crippen LogP) is 1.02. The molecule has 6 heteroatoms. The van der Waals surface area contributed by atoms with Crippen molar-refractivity contribution in [3.05, 3.63) is 23.6 Å². The van der Waals surface area contributed by atoms with E-state index in [1.54, 1.807) is 0 Å². The second kappa shape index (κ2) is 5.52. The highest BCUT2D eigenvalue weighted by molar-refractivity contribution is 5.98. The zero-order valence-corrected chi connectivity index (χ0v) is 11.2. The van der Waals surface area contributed by atoms with Crippen LogP contribution in [-0.4, -0.2) is 41.5 Å². The summed E-state index contributed by atoms with van der Waals surface area (Å²) < 4.78 is 13.0. The van der Waals surface area contributed by atoms with Crippen molar-refractivity contribution in [1.82, 2.24) is 15.2 Å². The maximum absolute atomic E-state index is 13.0. The maximum Gasteiger partial charge on any atom is 0.255 e. The summed E-state index contributed by atoms with van der Waals surface area (Å²) >= 11 is 0. The third kappa shape index (κ3) is 3.41. The fourth-order valence-corrected chi connectivity index (χ4v) is 1.95. The number of hydrogen-bond donors (Lipinski definition) is 2. The summed E-state index contributed by atoms with van der Waals surface area (Å²) in [6.45, 7) is 2.55. The van der Waals surface area contributed by atoms with Gasteiger partial charge in [-0.15, -0.1) is 0 Å². The van der Waals surface area contributed by atoms with E-state index >= 15 is 0 Å². The summed E-state index contributed by atoms with van der Waals surface area (Å²) in [6.07, 6.45) is 3.43. The summed E-state index contributed by atoms with van der Waals surface area (Å²) in [5.41, 5.74) is 5.65. The van der Waals surface area contributed by atoms with Crippen molar-refractivity contribution in [2.24, 2.45) is 0 Å². The number of nitrogens with one attached hydrogen (secondary N) is 1. The molecule has 0 saturated heterocycles. The Labute approximate surface area is 112 Å². The molecule has 1 aliphatic carbocycles. The van der Waals surface area contributed by atoms with Crippen LogP contribution in [0.4, 0.5) is 10.2 Å². The summed E-state index contributed by atoms with van der Waals surface area (Å²) in [5, 5.41) is 2.76. The number of carbonyl (C=O) groups excluding carboxylic acids is 1. The number of rotatable bonds is 5. The lowest BCUT2D eigenvalue weighted by molar-refractivity contribution is 0.0939. The van der Waals surface area contributed by atoms with Crippen molar-refractivity contribution >= 4 is 11.7 Å². The average Bonchev–Trinajstić information content (AvgIpc) is 3.21. The second-order valence-electron chi connectivity index (χ2n) is 5.04. The van der Waals surface area contributed by atoms with Crippen LogP contribution in [0.1, 0.15) is 30.1 Å². The lowest BCUT2D eigenvalue weighted by Crippen LogP contribution is -2.41. The summed E-state index contributed by atoms with van der Waals surface area (Å²) in [5.74, 6) is -0.912. The molecule has 5 nitrogen and oxygen atoms in total. The van der Waals surface area contributed by atoms with E-state index in [0.29, 0.717) is 12.6 Å². The first kappa shape index (κ1) is 13.7. The Balaban J connectivity index is 1.91. The van der Waals surface area contributed by atoms with Crippen molar-refractivity contribution in [1.29, 1.82) is 0 Å². The molecule has 0 aromatic carbocycles. The molecule has 0 aliphatic heterocycles. The molecule has 19 heavy (non-hydrogen) atoms. The van der Waals surface area contributed by atoms with E-state index in [9.17, 15) is 9.18 Å². The Hall–Kier alpha value is -1.69. The van der Waals surface area contributed by atoms with Gasteiger partial charge >= 0.3 is 0 Å². The highest BCUT2D eigenvalue weighted by Gasteiger charge is 2.29. The Morgan fingerprint density at radius 2 is 2.37 bits per heavy atom. The molecular formula is C13H19FN4O. The number of nitrogens with zero attached hydrogens (tertiary/aromatic N) is 2. The Morgan fingerprint density at radius 1 is 1.68 bits per heavy atom. The van der Waals surface area contributed by atoms with E-state index in [4.69, 9.17) is 5.73 Å². The minimum absolute atomic E-state index is 0.0436. The lowest BCUT2D eigenvalue weighted by Gasteiger charge is -2.24. The highest BCUT2D eigenvalue weighted by Crippen LogP contribution is 2.26. The standard InChI is InChI=1S/C13H19FN4O/c1-8(18(2)10-3-4-10)6-17-13(19)11-5-9(14)7-16-12(11)15/h5,7-8,10H,3-4,6H2,1-2H3,(H2,15,16)(H,17,19). The maximum atomic E-state index is 13.0. The molecule has 1 aromatic rings. The average molecular weight is 266 g/mol. The van der Waals surface area contributed by atoms with Gasteiger partial charge in [-0.1, -0.05) is 0 Å². The van der Waals surface area contributed by atoms with Crippen LogP contribution < -0.4 is 11.1 Å². The number of carbonyl (C=O) groups is 1. The van der Waals surface area contributed by atoms with Crippen LogP contribution in [0.15, 0.2) is 12.3 Å². The van der Waals surface area contributed by atoms with Gasteiger partial charge in [0.05, 0.1) is 11.8 Å². The highest BCUT2D eigenvalue weighted by atomic mass is 19.1. The van der Waals surface area contributed by atoms with E-state index in [-0.39, 0.29) is 23.3 Å². The second-order valence-corrected chi connectivity index (χ2v) is 5.04. The molecule has 0 bridgehead atoms. The predicted molar refractivity (Wildman–Crippen MR) is 71.2 cm³/mol. The third-order valence-electron chi connectivity index (χ3n) is 3.51. The molecule has 2 rings (SSSR count). The quantitative estimate of drug-likeness (QED) is 0.834.